The Bertz CT molecular complexity index is 1300. The fraction of sp³-hybridized carbons (Fsp3) is 0.478. The maximum atomic E-state index is 5.98. The van der Waals surface area contributed by atoms with Crippen molar-refractivity contribution in [2.45, 2.75) is 141 Å². The van der Waals surface area contributed by atoms with Gasteiger partial charge in [0.05, 0.1) is 0 Å². The van der Waals surface area contributed by atoms with Gasteiger partial charge in [0.2, 0.25) is 0 Å². The minimum atomic E-state index is 0.833. The maximum absolute atomic E-state index is 5.98. The fourth-order valence-electron chi connectivity index (χ4n) is 4.70. The third kappa shape index (κ3) is 22.6. The summed E-state index contributed by atoms with van der Waals surface area (Å²) in [4.78, 5) is 0. The zero-order valence-electron chi connectivity index (χ0n) is 32.9. The molecule has 2 N–H and O–H groups in total. The SMILES string of the molecule is C=CC.CC.CC(C)C.CC/C=C(\N)CCCCCc1ccc(C#Cc2cc(Cc3c(C)cc(C)cc3C)ccc2C)cc1.CCC. The number of hydrogen-bond acceptors (Lipinski definition) is 1. The van der Waals surface area contributed by atoms with Crippen LogP contribution in [0.1, 0.15) is 151 Å². The lowest BCUT2D eigenvalue weighted by Crippen LogP contribution is -1.98. The Labute approximate surface area is 293 Å². The van der Waals surface area contributed by atoms with E-state index in [4.69, 9.17) is 5.73 Å². The molecular formula is C46H71N. The van der Waals surface area contributed by atoms with Gasteiger partial charge in [-0.3, -0.25) is 0 Å². The molecule has 0 spiro atoms. The molecule has 0 aliphatic rings. The Kier molecular flexibility index (Phi) is 27.9. The predicted octanol–water partition coefficient (Wildman–Crippen LogP) is 13.6. The van der Waals surface area contributed by atoms with Crippen LogP contribution in [-0.2, 0) is 12.8 Å². The van der Waals surface area contributed by atoms with Crippen molar-refractivity contribution in [2.24, 2.45) is 11.7 Å². The normalized spacial score (nSPS) is 9.96. The Hall–Kier alpha value is -3.50. The summed E-state index contributed by atoms with van der Waals surface area (Å²) in [5.41, 5.74) is 18.6. The van der Waals surface area contributed by atoms with Crippen molar-refractivity contribution in [3.05, 3.63) is 129 Å². The summed E-state index contributed by atoms with van der Waals surface area (Å²) in [5, 5.41) is 0. The van der Waals surface area contributed by atoms with Crippen LogP contribution < -0.4 is 5.73 Å². The number of hydrogen-bond donors (Lipinski definition) is 1. The smallest absolute Gasteiger partial charge is 0.0281 e. The molecule has 3 aromatic rings. The second kappa shape index (κ2) is 28.7. The Morgan fingerprint density at radius 2 is 1.28 bits per heavy atom. The number of allylic oxidation sites excluding steroid dienone is 3. The molecule has 3 rings (SSSR count). The highest BCUT2D eigenvalue weighted by molar-refractivity contribution is 5.49. The number of unbranched alkanes of at least 4 members (excludes halogenated alkanes) is 2. The van der Waals surface area contributed by atoms with Gasteiger partial charge < -0.3 is 5.73 Å². The Balaban J connectivity index is 0. The first-order valence-corrected chi connectivity index (χ1v) is 18.2. The van der Waals surface area contributed by atoms with Crippen LogP contribution in [0.15, 0.2) is 79.0 Å². The van der Waals surface area contributed by atoms with Crippen molar-refractivity contribution >= 4 is 0 Å². The van der Waals surface area contributed by atoms with Crippen LogP contribution in [0.3, 0.4) is 0 Å². The van der Waals surface area contributed by atoms with Gasteiger partial charge in [-0.25, -0.2) is 0 Å². The van der Waals surface area contributed by atoms with E-state index in [1.165, 1.54) is 64.6 Å². The van der Waals surface area contributed by atoms with Crippen LogP contribution in [0.2, 0.25) is 0 Å². The molecule has 0 atom stereocenters. The van der Waals surface area contributed by atoms with E-state index in [0.29, 0.717) is 0 Å². The second-order valence-corrected chi connectivity index (χ2v) is 12.7. The molecule has 0 aliphatic carbocycles. The summed E-state index contributed by atoms with van der Waals surface area (Å²) in [7, 11) is 0. The van der Waals surface area contributed by atoms with E-state index in [-0.39, 0.29) is 0 Å². The highest BCUT2D eigenvalue weighted by Crippen LogP contribution is 2.21. The summed E-state index contributed by atoms with van der Waals surface area (Å²) in [6.07, 6.45) is 12.8. The van der Waals surface area contributed by atoms with E-state index in [1.54, 1.807) is 6.08 Å². The maximum Gasteiger partial charge on any atom is 0.0281 e. The lowest BCUT2D eigenvalue weighted by molar-refractivity contribution is 0.672. The zero-order valence-corrected chi connectivity index (χ0v) is 32.9. The van der Waals surface area contributed by atoms with Gasteiger partial charge in [0.25, 0.3) is 0 Å². The molecular weight excluding hydrogens is 567 g/mol. The average Bonchev–Trinajstić information content (AvgIpc) is 3.01. The first kappa shape index (κ1) is 45.6. The van der Waals surface area contributed by atoms with E-state index < -0.39 is 0 Å². The molecule has 0 radical (unpaired) electrons. The first-order valence-electron chi connectivity index (χ1n) is 18.2. The summed E-state index contributed by atoms with van der Waals surface area (Å²) in [5.74, 6) is 7.64. The van der Waals surface area contributed by atoms with Crippen LogP contribution in [0.25, 0.3) is 0 Å². The molecule has 0 heterocycles. The molecule has 1 heteroatoms. The van der Waals surface area contributed by atoms with E-state index >= 15 is 0 Å². The van der Waals surface area contributed by atoms with Crippen molar-refractivity contribution in [1.82, 2.24) is 0 Å². The van der Waals surface area contributed by atoms with Gasteiger partial charge in [-0.05, 0) is 131 Å². The van der Waals surface area contributed by atoms with Crippen molar-refractivity contribution in [3.63, 3.8) is 0 Å². The topological polar surface area (TPSA) is 26.0 Å². The van der Waals surface area contributed by atoms with Crippen molar-refractivity contribution in [2.75, 3.05) is 0 Å². The summed E-state index contributed by atoms with van der Waals surface area (Å²) in [6.45, 7) is 30.9. The van der Waals surface area contributed by atoms with Crippen LogP contribution >= 0.6 is 0 Å². The summed E-state index contributed by atoms with van der Waals surface area (Å²) in [6, 6.07) is 20.0. The van der Waals surface area contributed by atoms with Gasteiger partial charge in [-0.15, -0.1) is 6.58 Å². The second-order valence-electron chi connectivity index (χ2n) is 12.7. The molecule has 0 aromatic heterocycles. The molecule has 47 heavy (non-hydrogen) atoms. The van der Waals surface area contributed by atoms with Gasteiger partial charge in [-0.1, -0.05) is 134 Å². The molecule has 0 saturated carbocycles. The Morgan fingerprint density at radius 3 is 1.79 bits per heavy atom. The minimum absolute atomic E-state index is 0.833. The zero-order chi connectivity index (χ0) is 36.2. The molecule has 0 bridgehead atoms. The van der Waals surface area contributed by atoms with Crippen LogP contribution in [-0.4, -0.2) is 0 Å². The van der Waals surface area contributed by atoms with Crippen molar-refractivity contribution in [3.8, 4) is 11.8 Å². The highest BCUT2D eigenvalue weighted by atomic mass is 14.6. The number of rotatable bonds is 9. The molecule has 260 valence electrons. The lowest BCUT2D eigenvalue weighted by Gasteiger charge is -2.12. The molecule has 1 nitrogen and oxygen atoms in total. The van der Waals surface area contributed by atoms with Gasteiger partial charge in [0.1, 0.15) is 0 Å². The van der Waals surface area contributed by atoms with E-state index in [2.05, 4.69) is 148 Å². The van der Waals surface area contributed by atoms with Crippen molar-refractivity contribution in [1.29, 1.82) is 0 Å². The largest absolute Gasteiger partial charge is 0.402 e. The number of nitrogens with two attached hydrogens (primary N) is 1. The number of benzene rings is 3. The first-order chi connectivity index (χ1) is 22.4. The quantitative estimate of drug-likeness (QED) is 0.141. The van der Waals surface area contributed by atoms with Gasteiger partial charge in [-0.2, -0.15) is 0 Å². The average molecular weight is 638 g/mol. The van der Waals surface area contributed by atoms with E-state index in [1.807, 2.05) is 20.8 Å². The standard InChI is InChI=1S/C34H41N.C4H10.C3H8.C3H6.C2H6/c1-6-10-33(35)12-9-7-8-11-29-15-17-30(18-16-29)19-20-32-23-31(14-13-26(32)3)24-34-27(4)21-25(2)22-28(34)5;1-4(2)3;2*1-3-2;1-2/h10,13-18,21-23H,6-9,11-12,24,35H2,1-5H3;4H,1-3H3;3H2,1-2H3;3H,1H2,2H3;1-2H3/b33-10-;;;;. The Morgan fingerprint density at radius 1 is 0.766 bits per heavy atom. The fourth-order valence-corrected chi connectivity index (χ4v) is 4.70. The summed E-state index contributed by atoms with van der Waals surface area (Å²) >= 11 is 0. The molecule has 0 saturated heterocycles. The van der Waals surface area contributed by atoms with Crippen LogP contribution in [0, 0.1) is 45.5 Å². The third-order valence-corrected chi connectivity index (χ3v) is 6.72. The number of aryl methyl sites for hydroxylation is 5. The molecule has 0 unspecified atom stereocenters. The summed E-state index contributed by atoms with van der Waals surface area (Å²) < 4.78 is 0. The van der Waals surface area contributed by atoms with Gasteiger partial charge in [0.15, 0.2) is 0 Å². The molecule has 0 amide bonds. The van der Waals surface area contributed by atoms with Gasteiger partial charge >= 0.3 is 0 Å². The highest BCUT2D eigenvalue weighted by Gasteiger charge is 2.07. The van der Waals surface area contributed by atoms with Crippen molar-refractivity contribution < 1.29 is 0 Å². The van der Waals surface area contributed by atoms with Crippen LogP contribution in [0.4, 0.5) is 0 Å². The lowest BCUT2D eigenvalue weighted by atomic mass is 9.93. The van der Waals surface area contributed by atoms with E-state index in [0.717, 1.165) is 48.4 Å². The van der Waals surface area contributed by atoms with Crippen LogP contribution in [0.5, 0.6) is 0 Å². The minimum Gasteiger partial charge on any atom is -0.402 e. The monoisotopic (exact) mass is 638 g/mol. The molecule has 0 aliphatic heterocycles. The predicted molar refractivity (Wildman–Crippen MR) is 215 cm³/mol. The molecule has 3 aromatic carbocycles. The molecule has 0 fully saturated rings. The third-order valence-electron chi connectivity index (χ3n) is 6.72. The van der Waals surface area contributed by atoms with Gasteiger partial charge in [0, 0.05) is 16.8 Å². The van der Waals surface area contributed by atoms with E-state index in [9.17, 15) is 0 Å².